The van der Waals surface area contributed by atoms with Gasteiger partial charge in [-0.3, -0.25) is 14.5 Å². The molecule has 0 saturated carbocycles. The van der Waals surface area contributed by atoms with Crippen LogP contribution in [0, 0.1) is 0 Å². The fourth-order valence-electron chi connectivity index (χ4n) is 4.13. The highest BCUT2D eigenvalue weighted by Gasteiger charge is 2.47. The number of amides is 1. The van der Waals surface area contributed by atoms with Crippen LogP contribution in [0.5, 0.6) is 17.2 Å². The second-order valence-corrected chi connectivity index (χ2v) is 8.86. The number of carbonyl (C=O) groups excluding carboxylic acids is 2. The van der Waals surface area contributed by atoms with Crippen LogP contribution in [0.3, 0.4) is 0 Å². The van der Waals surface area contributed by atoms with E-state index >= 15 is 0 Å². The average Bonchev–Trinajstić information content (AvgIpc) is 3.14. The Morgan fingerprint density at radius 1 is 0.917 bits per heavy atom. The van der Waals surface area contributed by atoms with Gasteiger partial charge in [-0.1, -0.05) is 23.7 Å². The van der Waals surface area contributed by atoms with Gasteiger partial charge in [-0.05, 0) is 74.0 Å². The van der Waals surface area contributed by atoms with E-state index in [0.29, 0.717) is 28.5 Å². The molecule has 1 amide bonds. The first-order valence-electron chi connectivity index (χ1n) is 11.3. The van der Waals surface area contributed by atoms with Crippen molar-refractivity contribution in [1.82, 2.24) is 0 Å². The van der Waals surface area contributed by atoms with E-state index in [1.54, 1.807) is 67.8 Å². The van der Waals surface area contributed by atoms with Crippen LogP contribution < -0.4 is 19.1 Å². The SMILES string of the molecule is COc1ccc(C2/C(=C(/O)c3ccc(OC)c(Cl)c3)C(=O)C(=O)N2c2ccc(OC(C)C)cc2)cc1. The molecule has 3 aromatic rings. The first kappa shape index (κ1) is 25.1. The quantitative estimate of drug-likeness (QED) is 0.248. The number of hydrogen-bond acceptors (Lipinski definition) is 6. The summed E-state index contributed by atoms with van der Waals surface area (Å²) in [4.78, 5) is 28.0. The van der Waals surface area contributed by atoms with Crippen molar-refractivity contribution in [2.75, 3.05) is 19.1 Å². The Morgan fingerprint density at radius 2 is 1.56 bits per heavy atom. The van der Waals surface area contributed by atoms with Crippen LogP contribution in [-0.4, -0.2) is 37.1 Å². The predicted octanol–water partition coefficient (Wildman–Crippen LogP) is 5.77. The number of nitrogens with zero attached hydrogens (tertiary/aromatic N) is 1. The summed E-state index contributed by atoms with van der Waals surface area (Å²) in [5.41, 5.74) is 1.35. The minimum atomic E-state index is -0.881. The molecule has 36 heavy (non-hydrogen) atoms. The van der Waals surface area contributed by atoms with E-state index < -0.39 is 17.7 Å². The number of methoxy groups -OCH3 is 2. The van der Waals surface area contributed by atoms with Crippen LogP contribution in [0.15, 0.2) is 72.3 Å². The Kier molecular flexibility index (Phi) is 7.22. The van der Waals surface area contributed by atoms with Gasteiger partial charge in [0.05, 0.1) is 37.0 Å². The van der Waals surface area contributed by atoms with Crippen LogP contribution in [0.4, 0.5) is 5.69 Å². The molecule has 0 bridgehead atoms. The Bertz CT molecular complexity index is 1310. The van der Waals surface area contributed by atoms with Crippen LogP contribution in [0.2, 0.25) is 5.02 Å². The predicted molar refractivity (Wildman–Crippen MR) is 138 cm³/mol. The number of benzene rings is 3. The molecule has 0 aromatic heterocycles. The molecule has 1 unspecified atom stereocenters. The maximum Gasteiger partial charge on any atom is 0.300 e. The van der Waals surface area contributed by atoms with E-state index in [-0.39, 0.29) is 28.0 Å². The van der Waals surface area contributed by atoms with Crippen LogP contribution >= 0.6 is 11.6 Å². The summed E-state index contributed by atoms with van der Waals surface area (Å²) in [7, 11) is 3.03. The van der Waals surface area contributed by atoms with Crippen LogP contribution in [-0.2, 0) is 9.59 Å². The largest absolute Gasteiger partial charge is 0.507 e. The molecule has 0 spiro atoms. The van der Waals surface area contributed by atoms with E-state index in [1.165, 1.54) is 18.1 Å². The molecular weight excluding hydrogens is 482 g/mol. The fraction of sp³-hybridized carbons (Fsp3) is 0.214. The van der Waals surface area contributed by atoms with Crippen molar-refractivity contribution in [2.45, 2.75) is 26.0 Å². The number of carbonyl (C=O) groups is 2. The Labute approximate surface area is 214 Å². The first-order chi connectivity index (χ1) is 17.2. The van der Waals surface area contributed by atoms with Crippen molar-refractivity contribution in [3.05, 3.63) is 88.5 Å². The fourth-order valence-corrected chi connectivity index (χ4v) is 4.38. The summed E-state index contributed by atoms with van der Waals surface area (Å²) in [5.74, 6) is -0.214. The third-order valence-electron chi connectivity index (χ3n) is 5.79. The maximum atomic E-state index is 13.3. The Morgan fingerprint density at radius 3 is 2.11 bits per heavy atom. The second kappa shape index (κ2) is 10.3. The number of halogens is 1. The molecule has 1 saturated heterocycles. The number of ether oxygens (including phenoxy) is 3. The molecule has 8 heteroatoms. The number of anilines is 1. The summed E-state index contributed by atoms with van der Waals surface area (Å²) in [6.45, 7) is 3.84. The first-order valence-corrected chi connectivity index (χ1v) is 11.7. The number of rotatable bonds is 7. The highest BCUT2D eigenvalue weighted by Crippen LogP contribution is 2.43. The smallest absolute Gasteiger partial charge is 0.300 e. The highest BCUT2D eigenvalue weighted by atomic mass is 35.5. The van der Waals surface area contributed by atoms with Gasteiger partial charge >= 0.3 is 0 Å². The van der Waals surface area contributed by atoms with Gasteiger partial charge in [0.25, 0.3) is 11.7 Å². The van der Waals surface area contributed by atoms with E-state index in [9.17, 15) is 14.7 Å². The number of aliphatic hydroxyl groups excluding tert-OH is 1. The molecule has 1 heterocycles. The van der Waals surface area contributed by atoms with Crippen molar-refractivity contribution in [1.29, 1.82) is 0 Å². The van der Waals surface area contributed by atoms with Crippen LogP contribution in [0.1, 0.15) is 31.0 Å². The van der Waals surface area contributed by atoms with E-state index in [2.05, 4.69) is 0 Å². The summed E-state index contributed by atoms with van der Waals surface area (Å²) in [5, 5.41) is 11.5. The summed E-state index contributed by atoms with van der Waals surface area (Å²) in [6.07, 6.45) is -0.0132. The number of ketones is 1. The van der Waals surface area contributed by atoms with Gasteiger partial charge in [0, 0.05) is 11.3 Å². The van der Waals surface area contributed by atoms with E-state index in [0.717, 1.165) is 0 Å². The molecular formula is C28H26ClNO6. The van der Waals surface area contributed by atoms with Crippen molar-refractivity contribution in [2.24, 2.45) is 0 Å². The lowest BCUT2D eigenvalue weighted by Crippen LogP contribution is -2.29. The Balaban J connectivity index is 1.87. The zero-order valence-corrected chi connectivity index (χ0v) is 21.1. The van der Waals surface area contributed by atoms with E-state index in [4.69, 9.17) is 25.8 Å². The molecule has 1 aliphatic heterocycles. The molecule has 3 aromatic carbocycles. The van der Waals surface area contributed by atoms with Crippen molar-refractivity contribution in [3.8, 4) is 17.2 Å². The molecule has 4 rings (SSSR count). The van der Waals surface area contributed by atoms with Gasteiger partial charge in [-0.15, -0.1) is 0 Å². The lowest BCUT2D eigenvalue weighted by atomic mass is 9.95. The van der Waals surface area contributed by atoms with Crippen molar-refractivity contribution < 1.29 is 28.9 Å². The minimum Gasteiger partial charge on any atom is -0.507 e. The van der Waals surface area contributed by atoms with Crippen molar-refractivity contribution in [3.63, 3.8) is 0 Å². The summed E-state index contributed by atoms with van der Waals surface area (Å²) in [6, 6.07) is 17.7. The molecule has 1 N–H and O–H groups in total. The zero-order chi connectivity index (χ0) is 26.0. The lowest BCUT2D eigenvalue weighted by molar-refractivity contribution is -0.132. The molecule has 186 valence electrons. The average molecular weight is 508 g/mol. The molecule has 1 fully saturated rings. The maximum absolute atomic E-state index is 13.3. The molecule has 7 nitrogen and oxygen atoms in total. The van der Waals surface area contributed by atoms with Gasteiger partial charge in [-0.25, -0.2) is 0 Å². The second-order valence-electron chi connectivity index (χ2n) is 8.45. The Hall–Kier alpha value is -3.97. The number of aliphatic hydroxyl groups is 1. The van der Waals surface area contributed by atoms with Gasteiger partial charge < -0.3 is 19.3 Å². The monoisotopic (exact) mass is 507 g/mol. The molecule has 0 aliphatic carbocycles. The number of Topliss-reactive ketones (excluding diaryl/α,β-unsaturated/α-hetero) is 1. The number of hydrogen-bond donors (Lipinski definition) is 1. The summed E-state index contributed by atoms with van der Waals surface area (Å²) >= 11 is 6.26. The molecule has 1 atom stereocenters. The standard InChI is InChI=1S/C28H26ClNO6/c1-16(2)36-21-12-8-19(9-13-21)30-25(17-5-10-20(34-3)11-6-17)24(27(32)28(30)33)26(31)18-7-14-23(35-4)22(29)15-18/h5-16,25,31H,1-4H3/b26-24-. The van der Waals surface area contributed by atoms with Gasteiger partial charge in [0.1, 0.15) is 23.0 Å². The highest BCUT2D eigenvalue weighted by molar-refractivity contribution is 6.51. The zero-order valence-electron chi connectivity index (χ0n) is 20.3. The van der Waals surface area contributed by atoms with E-state index in [1.807, 2.05) is 13.8 Å². The molecule has 1 aliphatic rings. The minimum absolute atomic E-state index is 0.0132. The molecule has 0 radical (unpaired) electrons. The lowest BCUT2D eigenvalue weighted by Gasteiger charge is -2.26. The van der Waals surface area contributed by atoms with Gasteiger partial charge in [0.2, 0.25) is 0 Å². The van der Waals surface area contributed by atoms with Crippen molar-refractivity contribution >= 4 is 34.7 Å². The topological polar surface area (TPSA) is 85.3 Å². The van der Waals surface area contributed by atoms with Gasteiger partial charge in [0.15, 0.2) is 0 Å². The van der Waals surface area contributed by atoms with Gasteiger partial charge in [-0.2, -0.15) is 0 Å². The third kappa shape index (κ3) is 4.75. The third-order valence-corrected chi connectivity index (χ3v) is 6.08. The summed E-state index contributed by atoms with van der Waals surface area (Å²) < 4.78 is 16.2. The van der Waals surface area contributed by atoms with Crippen LogP contribution in [0.25, 0.3) is 5.76 Å². The normalized spacial score (nSPS) is 16.9.